The van der Waals surface area contributed by atoms with E-state index in [-0.39, 0.29) is 12.1 Å². The third-order valence-electron chi connectivity index (χ3n) is 4.38. The molecule has 0 bridgehead atoms. The van der Waals surface area contributed by atoms with Gasteiger partial charge in [0.1, 0.15) is 6.54 Å². The zero-order valence-electron chi connectivity index (χ0n) is 17.2. The fourth-order valence-electron chi connectivity index (χ4n) is 2.83. The lowest BCUT2D eigenvalue weighted by Gasteiger charge is -2.17. The maximum Gasteiger partial charge on any atom is 0.321 e. The van der Waals surface area contributed by atoms with Crippen LogP contribution in [-0.4, -0.2) is 55.8 Å². The van der Waals surface area contributed by atoms with Gasteiger partial charge >= 0.3 is 6.03 Å². The molecule has 1 heterocycles. The minimum Gasteiger partial charge on any atom is -0.493 e. The van der Waals surface area contributed by atoms with Crippen LogP contribution in [0.2, 0.25) is 0 Å². The van der Waals surface area contributed by atoms with Gasteiger partial charge in [-0.3, -0.25) is 14.9 Å². The van der Waals surface area contributed by atoms with Gasteiger partial charge in [-0.15, -0.1) is 0 Å². The first-order valence-corrected chi connectivity index (χ1v) is 9.47. The summed E-state index contributed by atoms with van der Waals surface area (Å²) in [6.07, 6.45) is 0.783. The molecule has 0 aliphatic rings. The number of benzene rings is 1. The first-order chi connectivity index (χ1) is 13.9. The van der Waals surface area contributed by atoms with Crippen LogP contribution >= 0.6 is 0 Å². The Balaban J connectivity index is 2.15. The number of quaternary nitrogens is 1. The van der Waals surface area contributed by atoms with Crippen LogP contribution in [0.25, 0.3) is 10.9 Å². The van der Waals surface area contributed by atoms with Crippen LogP contribution in [0.4, 0.5) is 4.79 Å². The molecule has 158 valence electrons. The summed E-state index contributed by atoms with van der Waals surface area (Å²) < 4.78 is 10.5. The van der Waals surface area contributed by atoms with Gasteiger partial charge in [-0.1, -0.05) is 6.92 Å². The number of aromatic amines is 1. The third kappa shape index (κ3) is 5.92. The van der Waals surface area contributed by atoms with Gasteiger partial charge in [-0.2, -0.15) is 0 Å². The third-order valence-corrected chi connectivity index (χ3v) is 4.38. The highest BCUT2D eigenvalue weighted by Crippen LogP contribution is 2.29. The van der Waals surface area contributed by atoms with Gasteiger partial charge in [0.05, 0.1) is 31.7 Å². The highest BCUT2D eigenvalue weighted by Gasteiger charge is 2.18. The number of imide groups is 1. The van der Waals surface area contributed by atoms with E-state index in [4.69, 9.17) is 9.47 Å². The minimum atomic E-state index is -0.509. The number of carbonyl (C=O) groups excluding carboxylic acids is 2. The van der Waals surface area contributed by atoms with Crippen LogP contribution in [-0.2, 0) is 11.3 Å². The summed E-state index contributed by atoms with van der Waals surface area (Å²) >= 11 is 0. The minimum absolute atomic E-state index is 0.0731. The fraction of sp³-hybridized carbons (Fsp3) is 0.474. The molecule has 0 radical (unpaired) electrons. The molecule has 0 fully saturated rings. The number of likely N-dealkylation sites (N-methyl/N-ethyl adjacent to an activating group) is 1. The van der Waals surface area contributed by atoms with Crippen LogP contribution in [0.1, 0.15) is 26.1 Å². The SMILES string of the molecule is CCCNC(=O)NC(=O)C[NH+](CC)Cc1nc2cc(OC)c(OC)cc2c(=O)[nH]1. The summed E-state index contributed by atoms with van der Waals surface area (Å²) in [6, 6.07) is 2.71. The predicted octanol–water partition coefficient (Wildman–Crippen LogP) is -0.419. The van der Waals surface area contributed by atoms with E-state index in [0.717, 1.165) is 11.3 Å². The van der Waals surface area contributed by atoms with Gasteiger partial charge in [-0.25, -0.2) is 9.78 Å². The average Bonchev–Trinajstić information content (AvgIpc) is 2.70. The Morgan fingerprint density at radius 3 is 2.48 bits per heavy atom. The number of H-pyrrole nitrogens is 1. The molecule has 1 aromatic carbocycles. The number of hydrogen-bond acceptors (Lipinski definition) is 6. The molecule has 10 nitrogen and oxygen atoms in total. The van der Waals surface area contributed by atoms with Crippen LogP contribution in [0, 0.1) is 0 Å². The van der Waals surface area contributed by atoms with Crippen LogP contribution in [0.15, 0.2) is 16.9 Å². The Morgan fingerprint density at radius 1 is 1.17 bits per heavy atom. The van der Waals surface area contributed by atoms with Crippen molar-refractivity contribution < 1.29 is 24.0 Å². The molecule has 1 unspecified atom stereocenters. The van der Waals surface area contributed by atoms with Gasteiger partial charge in [-0.05, 0) is 19.4 Å². The number of hydrogen-bond donors (Lipinski definition) is 4. The molecule has 10 heteroatoms. The Hall–Kier alpha value is -3.14. The van der Waals surface area contributed by atoms with E-state index in [1.54, 1.807) is 12.1 Å². The number of rotatable bonds is 9. The topological polar surface area (TPSA) is 127 Å². The molecule has 2 rings (SSSR count). The Labute approximate surface area is 168 Å². The molecule has 0 spiro atoms. The first-order valence-electron chi connectivity index (χ1n) is 9.47. The van der Waals surface area contributed by atoms with Crippen molar-refractivity contribution >= 4 is 22.8 Å². The van der Waals surface area contributed by atoms with Gasteiger partial charge in [0.25, 0.3) is 11.5 Å². The number of fused-ring (bicyclic) bond motifs is 1. The fourth-order valence-corrected chi connectivity index (χ4v) is 2.83. The van der Waals surface area contributed by atoms with E-state index < -0.39 is 11.9 Å². The van der Waals surface area contributed by atoms with E-state index in [1.165, 1.54) is 14.2 Å². The molecule has 1 aromatic heterocycles. The average molecular weight is 406 g/mol. The quantitative estimate of drug-likeness (QED) is 0.448. The lowest BCUT2D eigenvalue weighted by atomic mass is 10.2. The number of ether oxygens (including phenoxy) is 2. The van der Waals surface area contributed by atoms with Gasteiger partial charge in [0.2, 0.25) is 0 Å². The van der Waals surface area contributed by atoms with Crippen molar-refractivity contribution in [1.82, 2.24) is 20.6 Å². The van der Waals surface area contributed by atoms with Crippen LogP contribution in [0.5, 0.6) is 11.5 Å². The van der Waals surface area contributed by atoms with Crippen molar-refractivity contribution in [2.45, 2.75) is 26.8 Å². The normalized spacial score (nSPS) is 11.7. The molecule has 4 N–H and O–H groups in total. The lowest BCUT2D eigenvalue weighted by Crippen LogP contribution is -3.11. The second-order valence-corrected chi connectivity index (χ2v) is 6.50. The van der Waals surface area contributed by atoms with Crippen molar-refractivity contribution in [2.75, 3.05) is 33.9 Å². The van der Waals surface area contributed by atoms with E-state index >= 15 is 0 Å². The molecule has 0 saturated carbocycles. The Morgan fingerprint density at radius 2 is 1.86 bits per heavy atom. The highest BCUT2D eigenvalue weighted by molar-refractivity contribution is 5.94. The van der Waals surface area contributed by atoms with E-state index in [0.29, 0.717) is 47.9 Å². The maximum atomic E-state index is 12.5. The summed E-state index contributed by atoms with van der Waals surface area (Å²) in [6.45, 7) is 5.34. The zero-order valence-corrected chi connectivity index (χ0v) is 17.2. The smallest absolute Gasteiger partial charge is 0.321 e. The second-order valence-electron chi connectivity index (χ2n) is 6.50. The molecule has 0 saturated heterocycles. The molecule has 0 aliphatic carbocycles. The summed E-state index contributed by atoms with van der Waals surface area (Å²) in [7, 11) is 3.01. The number of urea groups is 1. The van der Waals surface area contributed by atoms with Crippen LogP contribution < -0.4 is 30.6 Å². The predicted molar refractivity (Wildman–Crippen MR) is 107 cm³/mol. The number of methoxy groups -OCH3 is 2. The van der Waals surface area contributed by atoms with Crippen molar-refractivity contribution in [2.24, 2.45) is 0 Å². The zero-order chi connectivity index (χ0) is 21.4. The molecular weight excluding hydrogens is 378 g/mol. The molecule has 0 aliphatic heterocycles. The Kier molecular flexibility index (Phi) is 7.96. The summed E-state index contributed by atoms with van der Waals surface area (Å²) in [5.41, 5.74) is 0.171. The number of aromatic nitrogens is 2. The first kappa shape index (κ1) is 22.2. The molecule has 1 atom stereocenters. The standard InChI is InChI=1S/C19H27N5O5/c1-5-7-20-19(27)23-17(25)11-24(6-2)10-16-21-13-9-15(29-4)14(28-3)8-12(13)18(26)22-16/h8-9H,5-7,10-11H2,1-4H3,(H,21,22,26)(H2,20,23,25,27)/p+1. The molecule has 3 amide bonds. The molecule has 29 heavy (non-hydrogen) atoms. The maximum absolute atomic E-state index is 12.5. The van der Waals surface area contributed by atoms with Gasteiger partial charge < -0.3 is 24.7 Å². The summed E-state index contributed by atoms with van der Waals surface area (Å²) in [5.74, 6) is 0.958. The van der Waals surface area contributed by atoms with Crippen LogP contribution in [0.3, 0.4) is 0 Å². The van der Waals surface area contributed by atoms with Crippen molar-refractivity contribution in [3.63, 3.8) is 0 Å². The Bertz CT molecular complexity index is 927. The van der Waals surface area contributed by atoms with E-state index in [2.05, 4.69) is 20.6 Å². The van der Waals surface area contributed by atoms with E-state index in [9.17, 15) is 14.4 Å². The number of nitrogens with one attached hydrogen (secondary N) is 4. The largest absolute Gasteiger partial charge is 0.493 e. The van der Waals surface area contributed by atoms with Gasteiger partial charge in [0, 0.05) is 12.6 Å². The van der Waals surface area contributed by atoms with Gasteiger partial charge in [0.15, 0.2) is 23.9 Å². The monoisotopic (exact) mass is 406 g/mol. The van der Waals surface area contributed by atoms with Crippen molar-refractivity contribution in [3.05, 3.63) is 28.3 Å². The number of amides is 3. The van der Waals surface area contributed by atoms with E-state index in [1.807, 2.05) is 13.8 Å². The molecule has 2 aromatic rings. The van der Waals surface area contributed by atoms with Crippen molar-refractivity contribution in [1.29, 1.82) is 0 Å². The summed E-state index contributed by atoms with van der Waals surface area (Å²) in [4.78, 5) is 44.3. The number of carbonyl (C=O) groups is 2. The number of nitrogens with zero attached hydrogens (tertiary/aromatic N) is 1. The summed E-state index contributed by atoms with van der Waals surface area (Å²) in [5, 5.41) is 5.28. The second kappa shape index (κ2) is 10.4. The lowest BCUT2D eigenvalue weighted by molar-refractivity contribution is -0.904. The molecular formula is C19H28N5O5+. The van der Waals surface area contributed by atoms with Crippen molar-refractivity contribution in [3.8, 4) is 11.5 Å². The highest BCUT2D eigenvalue weighted by atomic mass is 16.5.